The molecule has 0 aliphatic rings. The van der Waals surface area contributed by atoms with Crippen LogP contribution < -0.4 is 0 Å². The zero-order valence-corrected chi connectivity index (χ0v) is 13.8. The lowest BCUT2D eigenvalue weighted by Crippen LogP contribution is -2.04. The van der Waals surface area contributed by atoms with E-state index in [-0.39, 0.29) is 6.42 Å². The Hall–Kier alpha value is -2.47. The molecular formula is C18H13ClF3NO2. The van der Waals surface area contributed by atoms with E-state index in [0.717, 1.165) is 17.7 Å². The monoisotopic (exact) mass is 367 g/mol. The van der Waals surface area contributed by atoms with Crippen LogP contribution in [0.4, 0.5) is 13.2 Å². The molecule has 3 rings (SSSR count). The molecule has 2 aromatic carbocycles. The summed E-state index contributed by atoms with van der Waals surface area (Å²) in [5, 5.41) is 10.4. The van der Waals surface area contributed by atoms with Gasteiger partial charge in [-0.25, -0.2) is 0 Å². The normalized spacial score (nSPS) is 11.9. The van der Waals surface area contributed by atoms with Crippen LogP contribution in [0.3, 0.4) is 0 Å². The van der Waals surface area contributed by atoms with Crippen LogP contribution in [0.25, 0.3) is 22.2 Å². The number of hydrogen-bond acceptors (Lipinski definition) is 1. The van der Waals surface area contributed by atoms with E-state index in [1.165, 1.54) is 12.1 Å². The highest BCUT2D eigenvalue weighted by Gasteiger charge is 2.30. The van der Waals surface area contributed by atoms with Crippen molar-refractivity contribution in [2.24, 2.45) is 0 Å². The van der Waals surface area contributed by atoms with Crippen molar-refractivity contribution >= 4 is 28.5 Å². The maximum atomic E-state index is 12.7. The molecule has 0 spiro atoms. The topological polar surface area (TPSA) is 53.1 Å². The fraction of sp³-hybridized carbons (Fsp3) is 0.167. The van der Waals surface area contributed by atoms with Crippen molar-refractivity contribution in [3.63, 3.8) is 0 Å². The van der Waals surface area contributed by atoms with Gasteiger partial charge in [0.25, 0.3) is 0 Å². The highest BCUT2D eigenvalue weighted by molar-refractivity contribution is 6.32. The van der Waals surface area contributed by atoms with Crippen molar-refractivity contribution in [1.29, 1.82) is 0 Å². The number of benzene rings is 2. The lowest BCUT2D eigenvalue weighted by molar-refractivity contribution is -0.138. The van der Waals surface area contributed by atoms with Gasteiger partial charge in [0.1, 0.15) is 0 Å². The quantitative estimate of drug-likeness (QED) is 0.647. The molecule has 0 aliphatic carbocycles. The molecule has 25 heavy (non-hydrogen) atoms. The summed E-state index contributed by atoms with van der Waals surface area (Å²) in [6.07, 6.45) is -4.68. The first-order valence-electron chi connectivity index (χ1n) is 7.37. The molecule has 130 valence electrons. The summed E-state index contributed by atoms with van der Waals surface area (Å²) in [7, 11) is 0. The van der Waals surface area contributed by atoms with Gasteiger partial charge in [-0.1, -0.05) is 29.8 Å². The van der Waals surface area contributed by atoms with E-state index < -0.39 is 17.7 Å². The van der Waals surface area contributed by atoms with E-state index >= 15 is 0 Å². The van der Waals surface area contributed by atoms with Crippen LogP contribution >= 0.6 is 11.6 Å². The van der Waals surface area contributed by atoms with E-state index in [9.17, 15) is 23.1 Å². The second kappa shape index (κ2) is 6.11. The van der Waals surface area contributed by atoms with Crippen molar-refractivity contribution < 1.29 is 23.1 Å². The molecule has 3 nitrogen and oxygen atoms in total. The number of alkyl halides is 3. The zero-order chi connectivity index (χ0) is 18.4. The summed E-state index contributed by atoms with van der Waals surface area (Å²) in [6.45, 7) is 1.79. The van der Waals surface area contributed by atoms with Crippen LogP contribution in [0, 0.1) is 6.92 Å². The first-order chi connectivity index (χ1) is 11.7. The Bertz CT molecular complexity index is 959. The second-order valence-corrected chi connectivity index (χ2v) is 6.13. The Kier molecular flexibility index (Phi) is 4.24. The van der Waals surface area contributed by atoms with Gasteiger partial charge in [0.15, 0.2) is 0 Å². The van der Waals surface area contributed by atoms with Gasteiger partial charge < -0.3 is 10.1 Å². The third-order valence-electron chi connectivity index (χ3n) is 4.10. The molecule has 1 heterocycles. The van der Waals surface area contributed by atoms with E-state index in [0.29, 0.717) is 32.7 Å². The number of H-pyrrole nitrogens is 1. The van der Waals surface area contributed by atoms with Crippen molar-refractivity contribution in [2.75, 3.05) is 0 Å². The molecule has 0 unspecified atom stereocenters. The molecular weight excluding hydrogens is 355 g/mol. The summed E-state index contributed by atoms with van der Waals surface area (Å²) in [6, 6.07) is 8.00. The predicted molar refractivity (Wildman–Crippen MR) is 89.8 cm³/mol. The van der Waals surface area contributed by atoms with Gasteiger partial charge >= 0.3 is 12.1 Å². The van der Waals surface area contributed by atoms with Crippen LogP contribution in [0.5, 0.6) is 0 Å². The first-order valence-corrected chi connectivity index (χ1v) is 7.75. The van der Waals surface area contributed by atoms with Crippen molar-refractivity contribution in [3.05, 3.63) is 58.1 Å². The summed E-state index contributed by atoms with van der Waals surface area (Å²) >= 11 is 6.11. The van der Waals surface area contributed by atoms with E-state index in [1.54, 1.807) is 19.1 Å². The van der Waals surface area contributed by atoms with E-state index in [1.807, 2.05) is 0 Å². The maximum absolute atomic E-state index is 12.7. The fourth-order valence-corrected chi connectivity index (χ4v) is 3.00. The third kappa shape index (κ3) is 3.22. The Morgan fingerprint density at radius 3 is 2.36 bits per heavy atom. The van der Waals surface area contributed by atoms with Gasteiger partial charge in [-0.15, -0.1) is 0 Å². The number of fused-ring (bicyclic) bond motifs is 1. The van der Waals surface area contributed by atoms with Crippen molar-refractivity contribution in [3.8, 4) is 11.3 Å². The molecule has 0 saturated carbocycles. The molecule has 3 aromatic rings. The molecule has 1 aromatic heterocycles. The highest BCUT2D eigenvalue weighted by Crippen LogP contribution is 2.36. The summed E-state index contributed by atoms with van der Waals surface area (Å²) < 4.78 is 38.2. The minimum Gasteiger partial charge on any atom is -0.481 e. The predicted octanol–water partition coefficient (Wildman–Crippen LogP) is 5.44. The minimum atomic E-state index is -4.42. The van der Waals surface area contributed by atoms with Crippen LogP contribution in [0.1, 0.15) is 16.7 Å². The largest absolute Gasteiger partial charge is 0.481 e. The maximum Gasteiger partial charge on any atom is 0.416 e. The molecule has 0 fully saturated rings. The molecule has 0 bridgehead atoms. The lowest BCUT2D eigenvalue weighted by Gasteiger charge is -2.08. The van der Waals surface area contributed by atoms with Crippen molar-refractivity contribution in [2.45, 2.75) is 19.5 Å². The molecule has 0 aliphatic heterocycles. The number of halogens is 4. The van der Waals surface area contributed by atoms with Crippen molar-refractivity contribution in [1.82, 2.24) is 4.98 Å². The number of carboxylic acid groups (broad SMARTS) is 1. The van der Waals surface area contributed by atoms with Crippen LogP contribution in [-0.2, 0) is 17.4 Å². The van der Waals surface area contributed by atoms with Gasteiger partial charge in [-0.05, 0) is 41.8 Å². The number of nitrogens with one attached hydrogen (secondary N) is 1. The number of aromatic nitrogens is 1. The van der Waals surface area contributed by atoms with Gasteiger partial charge in [-0.2, -0.15) is 13.2 Å². The summed E-state index contributed by atoms with van der Waals surface area (Å²) in [4.78, 5) is 14.4. The average molecular weight is 368 g/mol. The number of carboxylic acids is 1. The molecule has 7 heteroatoms. The number of carbonyl (C=O) groups is 1. The Balaban J connectivity index is 2.21. The molecule has 0 saturated heterocycles. The zero-order valence-electron chi connectivity index (χ0n) is 13.0. The van der Waals surface area contributed by atoms with Gasteiger partial charge in [-0.3, -0.25) is 4.79 Å². The van der Waals surface area contributed by atoms with Gasteiger partial charge in [0, 0.05) is 10.4 Å². The van der Waals surface area contributed by atoms with Gasteiger partial charge in [0.05, 0.1) is 23.2 Å². The lowest BCUT2D eigenvalue weighted by atomic mass is 10.0. The van der Waals surface area contributed by atoms with Gasteiger partial charge in [0.2, 0.25) is 0 Å². The third-order valence-corrected chi connectivity index (χ3v) is 4.51. The van der Waals surface area contributed by atoms with Crippen LogP contribution in [0.2, 0.25) is 5.02 Å². The first kappa shape index (κ1) is 17.4. The number of rotatable bonds is 3. The Morgan fingerprint density at radius 2 is 1.80 bits per heavy atom. The van der Waals surface area contributed by atoms with Crippen LogP contribution in [-0.4, -0.2) is 16.1 Å². The standard InChI is InChI=1S/C18H13ClF3NO2/c1-9-14(19)7-6-12-13(8-15(24)25)17(23-16(9)12)10-2-4-11(5-3-10)18(20,21)22/h2-7,23H,8H2,1H3,(H,24,25). The fourth-order valence-electron chi connectivity index (χ4n) is 2.84. The molecule has 0 radical (unpaired) electrons. The SMILES string of the molecule is Cc1c(Cl)ccc2c(CC(=O)O)c(-c3ccc(C(F)(F)F)cc3)[nH]c12. The Morgan fingerprint density at radius 1 is 1.16 bits per heavy atom. The van der Waals surface area contributed by atoms with Crippen LogP contribution in [0.15, 0.2) is 36.4 Å². The molecule has 2 N–H and O–H groups in total. The highest BCUT2D eigenvalue weighted by atomic mass is 35.5. The summed E-state index contributed by atoms with van der Waals surface area (Å²) in [5.74, 6) is -1.03. The summed E-state index contributed by atoms with van der Waals surface area (Å²) in [5.41, 5.74) is 2.16. The number of aromatic amines is 1. The number of hydrogen-bond donors (Lipinski definition) is 2. The smallest absolute Gasteiger partial charge is 0.416 e. The van der Waals surface area contributed by atoms with E-state index in [4.69, 9.17) is 11.6 Å². The van der Waals surface area contributed by atoms with E-state index in [2.05, 4.69) is 4.98 Å². The average Bonchev–Trinajstić information content (AvgIpc) is 2.89. The second-order valence-electron chi connectivity index (χ2n) is 5.72. The minimum absolute atomic E-state index is 0.253. The number of aryl methyl sites for hydroxylation is 1. The molecule has 0 amide bonds. The molecule has 0 atom stereocenters. The Labute approximate surface area is 146 Å². The number of aliphatic carboxylic acids is 1.